The minimum Gasteiger partial charge on any atom is -0.485 e. The molecule has 0 aliphatic carbocycles. The molecule has 0 aromatic carbocycles. The Labute approximate surface area is 104 Å². The lowest BCUT2D eigenvalue weighted by Crippen LogP contribution is -2.02. The first-order valence-corrected chi connectivity index (χ1v) is 5.54. The van der Waals surface area contributed by atoms with E-state index in [1.165, 1.54) is 6.26 Å². The maximum Gasteiger partial charge on any atom is 0.372 e. The van der Waals surface area contributed by atoms with Crippen LogP contribution in [0, 0.1) is 0 Å². The Morgan fingerprint density at radius 1 is 1.61 bits per heavy atom. The number of furan rings is 1. The molecule has 6 nitrogen and oxygen atoms in total. The molecule has 0 bridgehead atoms. The quantitative estimate of drug-likeness (QED) is 0.881. The van der Waals surface area contributed by atoms with Crippen molar-refractivity contribution in [2.75, 3.05) is 0 Å². The Hall–Kier alpha value is -2.24. The molecule has 2 rings (SSSR count). The van der Waals surface area contributed by atoms with Crippen molar-refractivity contribution in [3.05, 3.63) is 36.0 Å². The highest BCUT2D eigenvalue weighted by molar-refractivity contribution is 5.85. The molecule has 0 unspecified atom stereocenters. The molecule has 18 heavy (non-hydrogen) atoms. The van der Waals surface area contributed by atoms with Crippen LogP contribution in [-0.2, 0) is 6.61 Å². The van der Waals surface area contributed by atoms with Crippen LogP contribution in [0.5, 0.6) is 5.75 Å². The molecule has 0 aliphatic heterocycles. The lowest BCUT2D eigenvalue weighted by Gasteiger charge is -2.04. The van der Waals surface area contributed by atoms with Crippen LogP contribution < -0.4 is 4.74 Å². The van der Waals surface area contributed by atoms with Gasteiger partial charge in [-0.1, -0.05) is 0 Å². The molecule has 0 atom stereocenters. The van der Waals surface area contributed by atoms with Crippen LogP contribution in [0.15, 0.2) is 29.1 Å². The summed E-state index contributed by atoms with van der Waals surface area (Å²) < 4.78 is 12.1. The topological polar surface area (TPSA) is 77.5 Å². The minimum atomic E-state index is -1.10. The Morgan fingerprint density at radius 2 is 2.39 bits per heavy atom. The number of carboxylic acids is 1. The second-order valence-electron chi connectivity index (χ2n) is 4.12. The van der Waals surface area contributed by atoms with Gasteiger partial charge in [0, 0.05) is 11.6 Å². The van der Waals surface area contributed by atoms with E-state index in [-0.39, 0.29) is 18.4 Å². The number of ether oxygens (including phenoxy) is 1. The Morgan fingerprint density at radius 3 is 3.00 bits per heavy atom. The number of aromatic carboxylic acids is 1. The van der Waals surface area contributed by atoms with E-state index in [1.807, 2.05) is 13.8 Å². The maximum atomic E-state index is 10.8. The largest absolute Gasteiger partial charge is 0.485 e. The summed E-state index contributed by atoms with van der Waals surface area (Å²) in [5.74, 6) is -0.594. The number of carboxylic acid groups (broad SMARTS) is 1. The van der Waals surface area contributed by atoms with Crippen LogP contribution in [0.2, 0.25) is 0 Å². The predicted octanol–water partition coefficient (Wildman–Crippen LogP) is 2.33. The average Bonchev–Trinajstić information content (AvgIpc) is 2.95. The summed E-state index contributed by atoms with van der Waals surface area (Å²) in [6.45, 7) is 4.16. The molecule has 0 fully saturated rings. The number of aromatic nitrogens is 2. The first-order valence-electron chi connectivity index (χ1n) is 5.54. The standard InChI is InChI=1S/C12H14N2O4/c1-8(2)14-6-10(5-13-14)18-7-9-3-4-17-11(9)12(15)16/h3-6,8H,7H2,1-2H3,(H,15,16). The highest BCUT2D eigenvalue weighted by Crippen LogP contribution is 2.16. The summed E-state index contributed by atoms with van der Waals surface area (Å²) in [6, 6.07) is 1.84. The van der Waals surface area contributed by atoms with Gasteiger partial charge in [0.1, 0.15) is 6.61 Å². The fourth-order valence-electron chi connectivity index (χ4n) is 1.48. The van der Waals surface area contributed by atoms with Gasteiger partial charge in [0.25, 0.3) is 0 Å². The zero-order valence-electron chi connectivity index (χ0n) is 10.2. The molecule has 96 valence electrons. The van der Waals surface area contributed by atoms with E-state index in [0.717, 1.165) is 0 Å². The SMILES string of the molecule is CC(C)n1cc(OCc2ccoc2C(=O)O)cn1. The van der Waals surface area contributed by atoms with Crippen molar-refractivity contribution in [1.82, 2.24) is 9.78 Å². The molecular formula is C12H14N2O4. The molecule has 0 spiro atoms. The van der Waals surface area contributed by atoms with Gasteiger partial charge >= 0.3 is 5.97 Å². The van der Waals surface area contributed by atoms with Gasteiger partial charge < -0.3 is 14.3 Å². The van der Waals surface area contributed by atoms with Gasteiger partial charge in [-0.05, 0) is 19.9 Å². The summed E-state index contributed by atoms with van der Waals surface area (Å²) in [7, 11) is 0. The normalized spacial score (nSPS) is 10.8. The molecule has 2 aromatic rings. The van der Waals surface area contributed by atoms with Crippen LogP contribution in [0.4, 0.5) is 0 Å². The molecule has 2 aromatic heterocycles. The van der Waals surface area contributed by atoms with Gasteiger partial charge in [-0.2, -0.15) is 5.10 Å². The molecule has 0 saturated heterocycles. The predicted molar refractivity (Wildman–Crippen MR) is 62.6 cm³/mol. The fourth-order valence-corrected chi connectivity index (χ4v) is 1.48. The number of hydrogen-bond acceptors (Lipinski definition) is 4. The van der Waals surface area contributed by atoms with Crippen LogP contribution in [0.1, 0.15) is 36.0 Å². The van der Waals surface area contributed by atoms with Crippen LogP contribution >= 0.6 is 0 Å². The van der Waals surface area contributed by atoms with Crippen molar-refractivity contribution in [2.45, 2.75) is 26.5 Å². The summed E-state index contributed by atoms with van der Waals surface area (Å²) >= 11 is 0. The zero-order valence-corrected chi connectivity index (χ0v) is 10.2. The number of rotatable bonds is 5. The summed E-state index contributed by atoms with van der Waals surface area (Å²) in [6.07, 6.45) is 4.70. The molecule has 0 aliphatic rings. The third-order valence-electron chi connectivity index (χ3n) is 2.44. The fraction of sp³-hybridized carbons (Fsp3) is 0.333. The van der Waals surface area contributed by atoms with Crippen LogP contribution in [0.25, 0.3) is 0 Å². The highest BCUT2D eigenvalue weighted by atomic mass is 16.5. The van der Waals surface area contributed by atoms with Crippen molar-refractivity contribution in [3.8, 4) is 5.75 Å². The summed E-state index contributed by atoms with van der Waals surface area (Å²) in [4.78, 5) is 10.8. The van der Waals surface area contributed by atoms with Gasteiger partial charge in [-0.25, -0.2) is 4.79 Å². The van der Waals surface area contributed by atoms with Crippen molar-refractivity contribution in [1.29, 1.82) is 0 Å². The average molecular weight is 250 g/mol. The molecule has 6 heteroatoms. The van der Waals surface area contributed by atoms with Crippen molar-refractivity contribution < 1.29 is 19.1 Å². The van der Waals surface area contributed by atoms with E-state index in [2.05, 4.69) is 5.10 Å². The van der Waals surface area contributed by atoms with E-state index in [4.69, 9.17) is 14.3 Å². The number of nitrogens with zero attached hydrogens (tertiary/aromatic N) is 2. The summed E-state index contributed by atoms with van der Waals surface area (Å²) in [5, 5.41) is 13.0. The van der Waals surface area contributed by atoms with Crippen LogP contribution in [-0.4, -0.2) is 20.9 Å². The van der Waals surface area contributed by atoms with Gasteiger partial charge in [0.15, 0.2) is 5.75 Å². The Kier molecular flexibility index (Phi) is 3.36. The van der Waals surface area contributed by atoms with E-state index in [9.17, 15) is 4.79 Å². The second-order valence-corrected chi connectivity index (χ2v) is 4.12. The van der Waals surface area contributed by atoms with Crippen molar-refractivity contribution in [2.24, 2.45) is 0 Å². The minimum absolute atomic E-state index is 0.0914. The monoisotopic (exact) mass is 250 g/mol. The van der Waals surface area contributed by atoms with Crippen molar-refractivity contribution >= 4 is 5.97 Å². The van der Waals surface area contributed by atoms with E-state index < -0.39 is 5.97 Å². The first kappa shape index (κ1) is 12.2. The molecule has 0 amide bonds. The maximum absolute atomic E-state index is 10.8. The van der Waals surface area contributed by atoms with E-state index >= 15 is 0 Å². The number of carbonyl (C=O) groups is 1. The second kappa shape index (κ2) is 4.95. The molecular weight excluding hydrogens is 236 g/mol. The third kappa shape index (κ3) is 2.53. The lowest BCUT2D eigenvalue weighted by molar-refractivity contribution is 0.0658. The molecule has 1 N–H and O–H groups in total. The van der Waals surface area contributed by atoms with Crippen molar-refractivity contribution in [3.63, 3.8) is 0 Å². The van der Waals surface area contributed by atoms with Gasteiger partial charge in [0.2, 0.25) is 5.76 Å². The third-order valence-corrected chi connectivity index (χ3v) is 2.44. The summed E-state index contributed by atoms with van der Waals surface area (Å²) in [5.41, 5.74) is 0.500. The van der Waals surface area contributed by atoms with Crippen LogP contribution in [0.3, 0.4) is 0 Å². The van der Waals surface area contributed by atoms with Gasteiger partial charge in [-0.15, -0.1) is 0 Å². The van der Waals surface area contributed by atoms with Gasteiger partial charge in [-0.3, -0.25) is 4.68 Å². The molecule has 2 heterocycles. The molecule has 0 saturated carbocycles. The lowest BCUT2D eigenvalue weighted by atomic mass is 10.2. The van der Waals surface area contributed by atoms with E-state index in [1.54, 1.807) is 23.1 Å². The van der Waals surface area contributed by atoms with E-state index in [0.29, 0.717) is 11.3 Å². The first-order chi connectivity index (χ1) is 8.58. The van der Waals surface area contributed by atoms with Gasteiger partial charge in [0.05, 0.1) is 18.7 Å². The molecule has 0 radical (unpaired) electrons. The number of hydrogen-bond donors (Lipinski definition) is 1. The zero-order chi connectivity index (χ0) is 13.1. The smallest absolute Gasteiger partial charge is 0.372 e. The Bertz CT molecular complexity index is 542. The Balaban J connectivity index is 2.02. The highest BCUT2D eigenvalue weighted by Gasteiger charge is 2.14.